The van der Waals surface area contributed by atoms with Gasteiger partial charge in [0.1, 0.15) is 0 Å². The fourth-order valence-corrected chi connectivity index (χ4v) is 2.93. The van der Waals surface area contributed by atoms with E-state index < -0.39 is 4.92 Å². The van der Waals surface area contributed by atoms with Crippen molar-refractivity contribution in [1.29, 1.82) is 0 Å². The van der Waals surface area contributed by atoms with Crippen molar-refractivity contribution in [3.05, 3.63) is 33.9 Å². The number of benzene rings is 1. The molecule has 0 saturated heterocycles. The van der Waals surface area contributed by atoms with E-state index in [1.807, 2.05) is 13.8 Å². The lowest BCUT2D eigenvalue weighted by atomic mass is 10.2. The number of hydrogen-bond donors (Lipinski definition) is 1. The van der Waals surface area contributed by atoms with Gasteiger partial charge in [-0.25, -0.2) is 0 Å². The number of carbonyl (C=O) groups excluding carboxylic acids is 1. The number of rotatable bonds is 7. The minimum absolute atomic E-state index is 0.000150. The van der Waals surface area contributed by atoms with Crippen molar-refractivity contribution in [3.8, 4) is 0 Å². The van der Waals surface area contributed by atoms with Crippen molar-refractivity contribution in [2.45, 2.75) is 45.1 Å². The van der Waals surface area contributed by atoms with Gasteiger partial charge in [0.25, 0.3) is 11.6 Å². The summed E-state index contributed by atoms with van der Waals surface area (Å²) in [6.07, 6.45) is 0.997. The minimum atomic E-state index is -0.427. The van der Waals surface area contributed by atoms with Crippen molar-refractivity contribution >= 4 is 23.4 Å². The molecule has 116 valence electrons. The number of hydrogen-bond acceptors (Lipinski definition) is 4. The number of carbonyl (C=O) groups is 1. The number of nitrogens with zero attached hydrogens (tertiary/aromatic N) is 1. The average molecular weight is 310 g/mol. The number of nitro groups is 1. The maximum absolute atomic E-state index is 11.9. The van der Waals surface area contributed by atoms with Crippen LogP contribution in [0.5, 0.6) is 0 Å². The Morgan fingerprint density at radius 3 is 2.52 bits per heavy atom. The molecule has 1 rings (SSSR count). The van der Waals surface area contributed by atoms with Crippen molar-refractivity contribution in [2.24, 2.45) is 5.92 Å². The summed E-state index contributed by atoms with van der Waals surface area (Å²) in [7, 11) is 0. The molecule has 0 radical (unpaired) electrons. The van der Waals surface area contributed by atoms with Crippen LogP contribution in [-0.2, 0) is 0 Å². The van der Waals surface area contributed by atoms with Gasteiger partial charge >= 0.3 is 0 Å². The highest BCUT2D eigenvalue weighted by atomic mass is 32.2. The lowest BCUT2D eigenvalue weighted by Gasteiger charge is -2.09. The van der Waals surface area contributed by atoms with Gasteiger partial charge in [-0.1, -0.05) is 13.8 Å². The number of thioether (sulfide) groups is 1. The van der Waals surface area contributed by atoms with Gasteiger partial charge in [0.15, 0.2) is 0 Å². The molecule has 1 N–H and O–H groups in total. The first kappa shape index (κ1) is 17.5. The highest BCUT2D eigenvalue weighted by Crippen LogP contribution is 2.31. The molecule has 1 aromatic carbocycles. The Hall–Kier alpha value is -1.56. The van der Waals surface area contributed by atoms with Crippen LogP contribution < -0.4 is 5.32 Å². The topological polar surface area (TPSA) is 72.2 Å². The summed E-state index contributed by atoms with van der Waals surface area (Å²) in [6.45, 7) is 7.94. The second-order valence-electron chi connectivity index (χ2n) is 5.60. The quantitative estimate of drug-likeness (QED) is 0.471. The van der Waals surface area contributed by atoms with Gasteiger partial charge in [0, 0.05) is 17.7 Å². The molecule has 0 atom stereocenters. The summed E-state index contributed by atoms with van der Waals surface area (Å²) in [5, 5.41) is 13.9. The summed E-state index contributed by atoms with van der Waals surface area (Å²) in [6, 6.07) is 4.66. The molecule has 0 aliphatic heterocycles. The van der Waals surface area contributed by atoms with Crippen LogP contribution in [-0.4, -0.2) is 22.6 Å². The largest absolute Gasteiger partial charge is 0.350 e. The summed E-state index contributed by atoms with van der Waals surface area (Å²) in [4.78, 5) is 23.3. The van der Waals surface area contributed by atoms with Crippen LogP contribution in [0.3, 0.4) is 0 Å². The van der Waals surface area contributed by atoms with Gasteiger partial charge in [0.05, 0.1) is 9.82 Å². The Kier molecular flexibility index (Phi) is 6.68. The Balaban J connectivity index is 2.91. The van der Waals surface area contributed by atoms with Crippen LogP contribution >= 0.6 is 11.8 Å². The Labute approximate surface area is 129 Å². The van der Waals surface area contributed by atoms with Crippen LogP contribution in [0.15, 0.2) is 23.1 Å². The first-order valence-electron chi connectivity index (χ1n) is 7.03. The van der Waals surface area contributed by atoms with E-state index >= 15 is 0 Å². The van der Waals surface area contributed by atoms with E-state index in [0.29, 0.717) is 16.4 Å². The Bertz CT molecular complexity index is 516. The third-order valence-corrected chi connectivity index (χ3v) is 3.89. The molecule has 0 bridgehead atoms. The predicted octanol–water partition coefficient (Wildman–Crippen LogP) is 3.87. The van der Waals surface area contributed by atoms with Crippen LogP contribution in [0, 0.1) is 16.0 Å². The standard InChI is InChI=1S/C15H22N2O3S/c1-10(2)7-8-21-14-6-5-12(9-13(14)17(19)20)15(18)16-11(3)4/h5-6,9-11H,7-8H2,1-4H3,(H,16,18). The zero-order valence-electron chi connectivity index (χ0n) is 12.9. The maximum Gasteiger partial charge on any atom is 0.283 e. The lowest BCUT2D eigenvalue weighted by molar-refractivity contribution is -0.387. The fourth-order valence-electron chi connectivity index (χ4n) is 1.67. The normalized spacial score (nSPS) is 11.0. The van der Waals surface area contributed by atoms with Gasteiger partial charge in [-0.2, -0.15) is 0 Å². The first-order chi connectivity index (χ1) is 9.81. The van der Waals surface area contributed by atoms with Crippen LogP contribution in [0.25, 0.3) is 0 Å². The van der Waals surface area contributed by atoms with Crippen molar-refractivity contribution in [3.63, 3.8) is 0 Å². The molecule has 0 aliphatic carbocycles. The molecule has 0 spiro atoms. The van der Waals surface area contributed by atoms with Gasteiger partial charge < -0.3 is 5.32 Å². The molecule has 1 amide bonds. The number of nitro benzene ring substituents is 1. The van der Waals surface area contributed by atoms with E-state index in [1.54, 1.807) is 12.1 Å². The third-order valence-electron chi connectivity index (χ3n) is 2.79. The molecule has 0 fully saturated rings. The molecule has 0 saturated carbocycles. The van der Waals surface area contributed by atoms with Crippen molar-refractivity contribution < 1.29 is 9.72 Å². The van der Waals surface area contributed by atoms with Crippen LogP contribution in [0.1, 0.15) is 44.5 Å². The molecule has 0 heterocycles. The zero-order chi connectivity index (χ0) is 16.0. The van der Waals surface area contributed by atoms with E-state index in [-0.39, 0.29) is 17.6 Å². The Morgan fingerprint density at radius 2 is 2.00 bits per heavy atom. The third kappa shape index (κ3) is 5.75. The van der Waals surface area contributed by atoms with Gasteiger partial charge in [-0.05, 0) is 44.1 Å². The summed E-state index contributed by atoms with van der Waals surface area (Å²) < 4.78 is 0. The van der Waals surface area contributed by atoms with E-state index in [2.05, 4.69) is 19.2 Å². The second-order valence-corrected chi connectivity index (χ2v) is 6.74. The molecular formula is C15H22N2O3S. The second kappa shape index (κ2) is 8.02. The molecule has 5 nitrogen and oxygen atoms in total. The van der Waals surface area contributed by atoms with E-state index in [4.69, 9.17) is 0 Å². The van der Waals surface area contributed by atoms with E-state index in [1.165, 1.54) is 17.8 Å². The fraction of sp³-hybridized carbons (Fsp3) is 0.533. The molecule has 1 aromatic rings. The van der Waals surface area contributed by atoms with Gasteiger partial charge in [-0.15, -0.1) is 11.8 Å². The lowest BCUT2D eigenvalue weighted by Crippen LogP contribution is -2.30. The van der Waals surface area contributed by atoms with Crippen molar-refractivity contribution in [2.75, 3.05) is 5.75 Å². The first-order valence-corrected chi connectivity index (χ1v) is 8.02. The molecule has 6 heteroatoms. The highest BCUT2D eigenvalue weighted by Gasteiger charge is 2.18. The predicted molar refractivity (Wildman–Crippen MR) is 85.9 cm³/mol. The summed E-state index contributed by atoms with van der Waals surface area (Å²) in [5.74, 6) is 1.11. The number of amides is 1. The SMILES string of the molecule is CC(C)CCSc1ccc(C(=O)NC(C)C)cc1[N+](=O)[O-]. The summed E-state index contributed by atoms with van der Waals surface area (Å²) in [5.41, 5.74) is 0.323. The van der Waals surface area contributed by atoms with Crippen LogP contribution in [0.4, 0.5) is 5.69 Å². The van der Waals surface area contributed by atoms with Crippen LogP contribution in [0.2, 0.25) is 0 Å². The minimum Gasteiger partial charge on any atom is -0.350 e. The zero-order valence-corrected chi connectivity index (χ0v) is 13.7. The van der Waals surface area contributed by atoms with Gasteiger partial charge in [-0.3, -0.25) is 14.9 Å². The smallest absolute Gasteiger partial charge is 0.283 e. The molecule has 0 aliphatic rings. The molecule has 0 aromatic heterocycles. The average Bonchev–Trinajstić information content (AvgIpc) is 2.37. The van der Waals surface area contributed by atoms with Gasteiger partial charge in [0.2, 0.25) is 0 Å². The monoisotopic (exact) mass is 310 g/mol. The summed E-state index contributed by atoms with van der Waals surface area (Å²) >= 11 is 1.46. The highest BCUT2D eigenvalue weighted by molar-refractivity contribution is 7.99. The van der Waals surface area contributed by atoms with Crippen molar-refractivity contribution in [1.82, 2.24) is 5.32 Å². The Morgan fingerprint density at radius 1 is 1.33 bits per heavy atom. The molecular weight excluding hydrogens is 288 g/mol. The van der Waals surface area contributed by atoms with E-state index in [0.717, 1.165) is 12.2 Å². The van der Waals surface area contributed by atoms with E-state index in [9.17, 15) is 14.9 Å². The number of nitrogens with one attached hydrogen (secondary N) is 1. The maximum atomic E-state index is 11.9. The molecule has 21 heavy (non-hydrogen) atoms. The molecule has 0 unspecified atom stereocenters.